The summed E-state index contributed by atoms with van der Waals surface area (Å²) in [7, 11) is 4.14. The summed E-state index contributed by atoms with van der Waals surface area (Å²) in [6.45, 7) is 0.754. The third kappa shape index (κ3) is 9.52. The number of phenols is 1. The Morgan fingerprint density at radius 2 is 0.981 bits per heavy atom. The van der Waals surface area contributed by atoms with Crippen LogP contribution in [0.4, 0.5) is 26.3 Å². The van der Waals surface area contributed by atoms with E-state index in [0.717, 1.165) is 10.8 Å². The van der Waals surface area contributed by atoms with E-state index >= 15 is 0 Å². The number of fused-ring (bicyclic) bond motifs is 2. The lowest BCUT2D eigenvalue weighted by molar-refractivity contribution is -0.191. The molecule has 2 unspecified atom stereocenters. The predicted octanol–water partition coefficient (Wildman–Crippen LogP) is 8.37. The van der Waals surface area contributed by atoms with Crippen LogP contribution in [-0.4, -0.2) is 86.7 Å². The van der Waals surface area contributed by atoms with E-state index in [1.807, 2.05) is 0 Å². The van der Waals surface area contributed by atoms with Crippen LogP contribution in [0.3, 0.4) is 0 Å². The maximum atomic E-state index is 13.9. The summed E-state index contributed by atoms with van der Waals surface area (Å²) in [5.74, 6) is -0.652. The van der Waals surface area contributed by atoms with Crippen molar-refractivity contribution in [2.24, 2.45) is 11.8 Å². The highest BCUT2D eigenvalue weighted by molar-refractivity contribution is 5.85. The van der Waals surface area contributed by atoms with Gasteiger partial charge in [0.15, 0.2) is 0 Å². The number of methoxy groups -OCH3 is 3. The lowest BCUT2D eigenvalue weighted by Gasteiger charge is -2.37. The monoisotopic (exact) mass is 748 g/mol. The molecule has 2 aliphatic rings. The van der Waals surface area contributed by atoms with Gasteiger partial charge in [-0.2, -0.15) is 26.3 Å². The van der Waals surface area contributed by atoms with E-state index in [1.54, 1.807) is 49.6 Å². The number of carbonyl (C=O) groups excluding carboxylic acids is 2. The van der Waals surface area contributed by atoms with Gasteiger partial charge in [0.25, 0.3) is 0 Å². The molecule has 2 heterocycles. The van der Waals surface area contributed by atoms with Gasteiger partial charge in [-0.15, -0.1) is 0 Å². The van der Waals surface area contributed by atoms with Gasteiger partial charge in [-0.1, -0.05) is 36.4 Å². The van der Waals surface area contributed by atoms with Gasteiger partial charge >= 0.3 is 24.3 Å². The molecular weight excluding hydrogens is 706 g/mol. The van der Waals surface area contributed by atoms with Gasteiger partial charge in [-0.25, -0.2) is 0 Å². The van der Waals surface area contributed by atoms with Crippen LogP contribution in [0.25, 0.3) is 21.5 Å². The minimum Gasteiger partial charge on any atom is -0.508 e. The number of phenolic OH excluding ortho intramolecular Hbond substituents is 1. The average molecular weight is 749 g/mol. The largest absolute Gasteiger partial charge is 0.508 e. The number of esters is 2. The SMILES string of the molecule is COC(=O)C1CCN(C(c2ccc3cc(O)ccc3c2)C(F)(F)F)CC1.COC(=O)C1CCN(C(c2ccc3cc(OC)ccc3c2)C(F)(F)F)CC1. The second-order valence-electron chi connectivity index (χ2n) is 13.3. The van der Waals surface area contributed by atoms with E-state index in [1.165, 1.54) is 54.4 Å². The Kier molecular flexibility index (Phi) is 12.4. The van der Waals surface area contributed by atoms with Crippen LogP contribution in [0.15, 0.2) is 72.8 Å². The Morgan fingerprint density at radius 1 is 0.604 bits per heavy atom. The fraction of sp³-hybridized carbons (Fsp3) is 0.436. The summed E-state index contributed by atoms with van der Waals surface area (Å²) < 4.78 is 97.6. The number of halogens is 6. The summed E-state index contributed by atoms with van der Waals surface area (Å²) in [5, 5.41) is 12.4. The van der Waals surface area contributed by atoms with E-state index in [2.05, 4.69) is 0 Å². The number of piperidine rings is 2. The van der Waals surface area contributed by atoms with Crippen molar-refractivity contribution in [3.05, 3.63) is 83.9 Å². The molecule has 0 aromatic heterocycles. The number of carbonyl (C=O) groups is 2. The first-order valence-corrected chi connectivity index (χ1v) is 17.2. The third-order valence-corrected chi connectivity index (χ3v) is 10.0. The Labute approximate surface area is 303 Å². The molecule has 0 amide bonds. The standard InChI is InChI=1S/C20H22F3NO3.C19H20F3NO3/c1-26-17-6-5-14-11-16(4-3-15(14)12-17)18(20(21,22)23)24-9-7-13(8-10-24)19(25)27-2;1-26-18(25)12-6-8-23(9-7-12)17(19(20,21)22)15-3-2-14-11-16(24)5-4-13(14)10-15/h3-6,11-13,18H,7-10H2,1-2H3;2-5,10-12,17,24H,6-9H2,1H3. The summed E-state index contributed by atoms with van der Waals surface area (Å²) in [6, 6.07) is 15.8. The van der Waals surface area contributed by atoms with Gasteiger partial charge in [-0.3, -0.25) is 19.4 Å². The smallest absolute Gasteiger partial charge is 0.408 e. The highest BCUT2D eigenvalue weighted by Gasteiger charge is 2.47. The summed E-state index contributed by atoms with van der Waals surface area (Å²) >= 11 is 0. The number of aromatic hydroxyl groups is 1. The Bertz CT molecular complexity index is 1880. The molecule has 0 spiro atoms. The number of nitrogens with zero attached hydrogens (tertiary/aromatic N) is 2. The van der Waals surface area contributed by atoms with Gasteiger partial charge in [0.2, 0.25) is 0 Å². The normalized spacial score (nSPS) is 17.8. The molecule has 0 aliphatic carbocycles. The fourth-order valence-corrected chi connectivity index (χ4v) is 7.29. The molecule has 53 heavy (non-hydrogen) atoms. The zero-order valence-corrected chi connectivity index (χ0v) is 29.5. The van der Waals surface area contributed by atoms with Crippen LogP contribution >= 0.6 is 0 Å². The van der Waals surface area contributed by atoms with Crippen molar-refractivity contribution in [2.45, 2.75) is 50.1 Å². The van der Waals surface area contributed by atoms with Gasteiger partial charge < -0.3 is 19.3 Å². The lowest BCUT2D eigenvalue weighted by atomic mass is 9.93. The molecule has 1 N–H and O–H groups in total. The first-order chi connectivity index (χ1) is 25.1. The average Bonchev–Trinajstić information content (AvgIpc) is 3.14. The molecule has 0 radical (unpaired) electrons. The number of hydrogen-bond acceptors (Lipinski definition) is 8. The van der Waals surface area contributed by atoms with Gasteiger partial charge in [-0.05, 0) is 121 Å². The van der Waals surface area contributed by atoms with Crippen LogP contribution < -0.4 is 4.74 Å². The van der Waals surface area contributed by atoms with Crippen LogP contribution in [-0.2, 0) is 19.1 Å². The van der Waals surface area contributed by atoms with Crippen molar-refractivity contribution in [1.82, 2.24) is 9.80 Å². The van der Waals surface area contributed by atoms with Crippen LogP contribution in [0.1, 0.15) is 48.9 Å². The Morgan fingerprint density at radius 3 is 1.38 bits per heavy atom. The first kappa shape index (κ1) is 39.6. The number of benzene rings is 4. The Hall–Kier alpha value is -4.56. The van der Waals surface area contributed by atoms with Crippen LogP contribution in [0.5, 0.6) is 11.5 Å². The topological polar surface area (TPSA) is 88.5 Å². The highest BCUT2D eigenvalue weighted by atomic mass is 19.4. The fourth-order valence-electron chi connectivity index (χ4n) is 7.29. The van der Waals surface area contributed by atoms with Crippen molar-refractivity contribution >= 4 is 33.5 Å². The molecular formula is C39H42F6N2O6. The molecule has 8 nitrogen and oxygen atoms in total. The van der Waals surface area contributed by atoms with E-state index < -0.39 is 24.4 Å². The predicted molar refractivity (Wildman–Crippen MR) is 186 cm³/mol. The van der Waals surface area contributed by atoms with Gasteiger partial charge in [0, 0.05) is 0 Å². The minimum absolute atomic E-state index is 0.0718. The number of alkyl halides is 6. The highest BCUT2D eigenvalue weighted by Crippen LogP contribution is 2.42. The van der Waals surface area contributed by atoms with Crippen molar-refractivity contribution in [3.63, 3.8) is 0 Å². The van der Waals surface area contributed by atoms with E-state index in [9.17, 15) is 41.0 Å². The molecule has 0 saturated carbocycles. The molecule has 4 aromatic carbocycles. The van der Waals surface area contributed by atoms with E-state index in [-0.39, 0.29) is 66.8 Å². The zero-order valence-electron chi connectivity index (χ0n) is 29.5. The molecule has 4 aromatic rings. The molecule has 6 rings (SSSR count). The molecule has 2 saturated heterocycles. The van der Waals surface area contributed by atoms with E-state index in [4.69, 9.17) is 14.2 Å². The van der Waals surface area contributed by atoms with Gasteiger partial charge in [0.1, 0.15) is 23.6 Å². The second kappa shape index (κ2) is 16.6. The maximum Gasteiger partial charge on any atom is 0.408 e. The zero-order chi connectivity index (χ0) is 38.5. The van der Waals surface area contributed by atoms with Crippen molar-refractivity contribution in [2.75, 3.05) is 47.5 Å². The van der Waals surface area contributed by atoms with Crippen molar-refractivity contribution in [1.29, 1.82) is 0 Å². The molecule has 2 fully saturated rings. The lowest BCUT2D eigenvalue weighted by Crippen LogP contribution is -2.44. The van der Waals surface area contributed by atoms with Crippen LogP contribution in [0.2, 0.25) is 0 Å². The molecule has 2 aliphatic heterocycles. The maximum absolute atomic E-state index is 13.9. The summed E-state index contributed by atoms with van der Waals surface area (Å²) in [6.07, 6.45) is -7.41. The molecule has 286 valence electrons. The second-order valence-corrected chi connectivity index (χ2v) is 13.3. The van der Waals surface area contributed by atoms with Gasteiger partial charge in [0.05, 0.1) is 33.2 Å². The quantitative estimate of drug-likeness (QED) is 0.149. The number of ether oxygens (including phenoxy) is 3. The third-order valence-electron chi connectivity index (χ3n) is 10.0. The number of hydrogen-bond donors (Lipinski definition) is 1. The summed E-state index contributed by atoms with van der Waals surface area (Å²) in [5.41, 5.74) is 0.365. The Balaban J connectivity index is 0.000000204. The molecule has 2 atom stereocenters. The van der Waals surface area contributed by atoms with Crippen molar-refractivity contribution < 1.29 is 55.2 Å². The van der Waals surface area contributed by atoms with Crippen LogP contribution in [0, 0.1) is 11.8 Å². The molecule has 0 bridgehead atoms. The minimum atomic E-state index is -4.43. The first-order valence-electron chi connectivity index (χ1n) is 17.2. The number of likely N-dealkylation sites (tertiary alicyclic amines) is 2. The summed E-state index contributed by atoms with van der Waals surface area (Å²) in [4.78, 5) is 26.0. The number of rotatable bonds is 7. The van der Waals surface area contributed by atoms with E-state index in [0.29, 0.717) is 42.2 Å². The molecule has 14 heteroatoms. The van der Waals surface area contributed by atoms with Crippen molar-refractivity contribution in [3.8, 4) is 11.5 Å².